The summed E-state index contributed by atoms with van der Waals surface area (Å²) >= 11 is 0. The van der Waals surface area contributed by atoms with Crippen LogP contribution in [0.5, 0.6) is 0 Å². The van der Waals surface area contributed by atoms with E-state index in [0.29, 0.717) is 6.04 Å². The fourth-order valence-corrected chi connectivity index (χ4v) is 0.754. The van der Waals surface area contributed by atoms with Gasteiger partial charge in [0.15, 0.2) is 0 Å². The SMILES string of the molecule is C=CC[NH+]([CH2-])C(C)COC. The molecule has 0 amide bonds. The minimum absolute atomic E-state index is 0.447. The van der Waals surface area contributed by atoms with Crippen molar-refractivity contribution in [3.05, 3.63) is 19.7 Å². The highest BCUT2D eigenvalue weighted by molar-refractivity contribution is 4.63. The molecule has 0 bridgehead atoms. The van der Waals surface area contributed by atoms with E-state index >= 15 is 0 Å². The summed E-state index contributed by atoms with van der Waals surface area (Å²) in [7, 11) is 5.62. The number of hydrogen-bond acceptors (Lipinski definition) is 1. The van der Waals surface area contributed by atoms with Crippen LogP contribution in [-0.4, -0.2) is 26.3 Å². The number of quaternary nitrogens is 1. The summed E-state index contributed by atoms with van der Waals surface area (Å²) in [4.78, 5) is 1.19. The highest BCUT2D eigenvalue weighted by Gasteiger charge is 2.04. The molecule has 1 N–H and O–H groups in total. The predicted octanol–water partition coefficient (Wildman–Crippen LogP) is -0.116. The van der Waals surface area contributed by atoms with Gasteiger partial charge in [0, 0.05) is 7.11 Å². The summed E-state index contributed by atoms with van der Waals surface area (Å²) in [6.07, 6.45) is 1.87. The second-order valence-corrected chi connectivity index (χ2v) is 2.51. The molecule has 0 saturated heterocycles. The van der Waals surface area contributed by atoms with Crippen molar-refractivity contribution in [1.82, 2.24) is 0 Å². The first kappa shape index (κ1) is 9.66. The summed E-state index contributed by atoms with van der Waals surface area (Å²) in [5.74, 6) is 0. The molecular formula is C8H17NO. The molecular weight excluding hydrogens is 126 g/mol. The number of rotatable bonds is 5. The molecule has 0 spiro atoms. The van der Waals surface area contributed by atoms with E-state index in [0.717, 1.165) is 13.2 Å². The van der Waals surface area contributed by atoms with Gasteiger partial charge in [0.05, 0.1) is 19.2 Å². The standard InChI is InChI=1S/C8H17NO/c1-5-6-9(3)8(2)7-10-4/h5,8-9H,1,3,6-7H2,2,4H3. The van der Waals surface area contributed by atoms with E-state index < -0.39 is 0 Å². The van der Waals surface area contributed by atoms with Crippen molar-refractivity contribution in [2.75, 3.05) is 20.3 Å². The summed E-state index contributed by atoms with van der Waals surface area (Å²) < 4.78 is 4.98. The molecule has 0 rings (SSSR count). The molecule has 0 aromatic heterocycles. The van der Waals surface area contributed by atoms with Gasteiger partial charge >= 0.3 is 0 Å². The maximum absolute atomic E-state index is 4.98. The maximum atomic E-state index is 4.98. The van der Waals surface area contributed by atoms with Gasteiger partial charge in [-0.15, -0.1) is 0 Å². The van der Waals surface area contributed by atoms with Crippen molar-refractivity contribution >= 4 is 0 Å². The van der Waals surface area contributed by atoms with Gasteiger partial charge in [-0.05, 0) is 13.0 Å². The molecule has 2 nitrogen and oxygen atoms in total. The highest BCUT2D eigenvalue weighted by atomic mass is 16.5. The Bertz CT molecular complexity index is 93.3. The molecule has 0 aromatic rings. The number of hydrogen-bond donors (Lipinski definition) is 1. The van der Waals surface area contributed by atoms with E-state index in [9.17, 15) is 0 Å². The Hall–Kier alpha value is -0.340. The fourth-order valence-electron chi connectivity index (χ4n) is 0.754. The van der Waals surface area contributed by atoms with Crippen LogP contribution < -0.4 is 4.90 Å². The average Bonchev–Trinajstić information content (AvgIpc) is 1.89. The minimum Gasteiger partial charge on any atom is -0.460 e. The van der Waals surface area contributed by atoms with Crippen LogP contribution in [0, 0.1) is 7.05 Å². The van der Waals surface area contributed by atoms with Gasteiger partial charge in [0.25, 0.3) is 0 Å². The van der Waals surface area contributed by atoms with Crippen LogP contribution in [0.1, 0.15) is 6.92 Å². The summed E-state index contributed by atoms with van der Waals surface area (Å²) in [6, 6.07) is 0.447. The Morgan fingerprint density at radius 1 is 1.80 bits per heavy atom. The second kappa shape index (κ2) is 5.45. The first-order valence-electron chi connectivity index (χ1n) is 3.49. The Labute approximate surface area is 63.5 Å². The van der Waals surface area contributed by atoms with Gasteiger partial charge in [0.1, 0.15) is 0 Å². The Kier molecular flexibility index (Phi) is 5.26. The van der Waals surface area contributed by atoms with Crippen LogP contribution in [-0.2, 0) is 4.74 Å². The van der Waals surface area contributed by atoms with Gasteiger partial charge in [-0.25, -0.2) is 0 Å². The molecule has 0 aliphatic heterocycles. The lowest BCUT2D eigenvalue weighted by Crippen LogP contribution is -3.11. The van der Waals surface area contributed by atoms with E-state index in [1.807, 2.05) is 6.08 Å². The van der Waals surface area contributed by atoms with Crippen LogP contribution >= 0.6 is 0 Å². The van der Waals surface area contributed by atoms with Crippen LogP contribution in [0.25, 0.3) is 0 Å². The van der Waals surface area contributed by atoms with Crippen molar-refractivity contribution < 1.29 is 9.64 Å². The summed E-state index contributed by atoms with van der Waals surface area (Å²) in [5, 5.41) is 0. The van der Waals surface area contributed by atoms with E-state index in [2.05, 4.69) is 20.6 Å². The maximum Gasteiger partial charge on any atom is 0.0956 e. The number of ether oxygens (including phenoxy) is 1. The molecule has 0 aliphatic carbocycles. The van der Waals surface area contributed by atoms with E-state index in [-0.39, 0.29) is 0 Å². The van der Waals surface area contributed by atoms with Gasteiger partial charge in [-0.3, -0.25) is 0 Å². The van der Waals surface area contributed by atoms with Crippen LogP contribution in [0.15, 0.2) is 12.7 Å². The lowest BCUT2D eigenvalue weighted by Gasteiger charge is -2.26. The third kappa shape index (κ3) is 3.64. The van der Waals surface area contributed by atoms with Gasteiger partial charge in [-0.2, -0.15) is 7.05 Å². The quantitative estimate of drug-likeness (QED) is 0.418. The molecule has 0 saturated carbocycles. The van der Waals surface area contributed by atoms with E-state index in [1.165, 1.54) is 4.90 Å². The molecule has 0 heterocycles. The average molecular weight is 143 g/mol. The van der Waals surface area contributed by atoms with Crippen molar-refractivity contribution in [3.63, 3.8) is 0 Å². The molecule has 0 aliphatic rings. The monoisotopic (exact) mass is 143 g/mol. The second-order valence-electron chi connectivity index (χ2n) is 2.51. The van der Waals surface area contributed by atoms with Crippen LogP contribution in [0.4, 0.5) is 0 Å². The Morgan fingerprint density at radius 2 is 2.40 bits per heavy atom. The predicted molar refractivity (Wildman–Crippen MR) is 42.7 cm³/mol. The molecule has 0 radical (unpaired) electrons. The van der Waals surface area contributed by atoms with Crippen LogP contribution in [0.2, 0.25) is 0 Å². The molecule has 60 valence electrons. The van der Waals surface area contributed by atoms with Crippen molar-refractivity contribution in [2.45, 2.75) is 13.0 Å². The molecule has 2 atom stereocenters. The largest absolute Gasteiger partial charge is 0.460 e. The fraction of sp³-hybridized carbons (Fsp3) is 0.625. The first-order chi connectivity index (χ1) is 4.72. The first-order valence-corrected chi connectivity index (χ1v) is 3.49. The third-order valence-electron chi connectivity index (χ3n) is 1.52. The Morgan fingerprint density at radius 3 is 2.80 bits per heavy atom. The van der Waals surface area contributed by atoms with E-state index in [1.54, 1.807) is 7.11 Å². The highest BCUT2D eigenvalue weighted by Crippen LogP contribution is 1.74. The summed E-state index contributed by atoms with van der Waals surface area (Å²) in [5.41, 5.74) is 0. The Balaban J connectivity index is 3.47. The minimum atomic E-state index is 0.447. The number of methoxy groups -OCH3 is 1. The normalized spacial score (nSPS) is 16.3. The molecule has 2 heteroatoms. The van der Waals surface area contributed by atoms with Gasteiger partial charge in [-0.1, -0.05) is 6.58 Å². The van der Waals surface area contributed by atoms with E-state index in [4.69, 9.17) is 4.74 Å². The smallest absolute Gasteiger partial charge is 0.0956 e. The third-order valence-corrected chi connectivity index (χ3v) is 1.52. The van der Waals surface area contributed by atoms with Gasteiger partial charge < -0.3 is 9.64 Å². The van der Waals surface area contributed by atoms with Gasteiger partial charge in [0.2, 0.25) is 0 Å². The lowest BCUT2D eigenvalue weighted by atomic mass is 10.3. The summed E-state index contributed by atoms with van der Waals surface area (Å²) in [6.45, 7) is 7.40. The van der Waals surface area contributed by atoms with Crippen LogP contribution in [0.3, 0.4) is 0 Å². The molecule has 2 unspecified atom stereocenters. The molecule has 0 aromatic carbocycles. The van der Waals surface area contributed by atoms with Crippen molar-refractivity contribution in [2.24, 2.45) is 0 Å². The van der Waals surface area contributed by atoms with Crippen molar-refractivity contribution in [1.29, 1.82) is 0 Å². The molecule has 0 fully saturated rings. The zero-order valence-corrected chi connectivity index (χ0v) is 6.89. The van der Waals surface area contributed by atoms with Crippen molar-refractivity contribution in [3.8, 4) is 0 Å². The topological polar surface area (TPSA) is 13.7 Å². The molecule has 10 heavy (non-hydrogen) atoms. The number of nitrogens with one attached hydrogen (secondary N) is 1. The lowest BCUT2D eigenvalue weighted by molar-refractivity contribution is -0.873. The zero-order valence-electron chi connectivity index (χ0n) is 6.89. The zero-order chi connectivity index (χ0) is 7.98.